The summed E-state index contributed by atoms with van der Waals surface area (Å²) in [5.74, 6) is -1.62. The number of thiazole rings is 1. The van der Waals surface area contributed by atoms with Gasteiger partial charge in [0, 0.05) is 4.47 Å². The van der Waals surface area contributed by atoms with Crippen molar-refractivity contribution in [2.45, 2.75) is 6.36 Å². The second-order valence-electron chi connectivity index (χ2n) is 3.65. The first-order chi connectivity index (χ1) is 9.74. The number of nitrogens with one attached hydrogen (secondary N) is 1. The van der Waals surface area contributed by atoms with Crippen LogP contribution in [-0.2, 0) is 0 Å². The summed E-state index contributed by atoms with van der Waals surface area (Å²) in [5, 5.41) is 11.5. The molecule has 0 amide bonds. The van der Waals surface area contributed by atoms with Gasteiger partial charge < -0.3 is 15.2 Å². The largest absolute Gasteiger partial charge is 0.573 e. The fourth-order valence-electron chi connectivity index (χ4n) is 1.35. The molecule has 0 radical (unpaired) electrons. The molecular formula is C11H6BrF3N2O3S. The highest BCUT2D eigenvalue weighted by molar-refractivity contribution is 9.10. The van der Waals surface area contributed by atoms with E-state index in [1.165, 1.54) is 12.1 Å². The zero-order valence-electron chi connectivity index (χ0n) is 9.94. The number of nitrogens with zero attached hydrogens (tertiary/aromatic N) is 1. The highest BCUT2D eigenvalue weighted by Crippen LogP contribution is 2.35. The molecule has 0 bridgehead atoms. The number of hydrogen-bond donors (Lipinski definition) is 2. The maximum Gasteiger partial charge on any atom is 0.573 e. The second kappa shape index (κ2) is 5.90. The summed E-state index contributed by atoms with van der Waals surface area (Å²) in [4.78, 5) is 14.5. The summed E-state index contributed by atoms with van der Waals surface area (Å²) in [6.45, 7) is 0. The molecule has 0 atom stereocenters. The van der Waals surface area contributed by atoms with E-state index in [4.69, 9.17) is 5.11 Å². The number of rotatable bonds is 4. The Kier molecular flexibility index (Phi) is 4.37. The number of anilines is 2. The Morgan fingerprint density at radius 3 is 2.71 bits per heavy atom. The number of hydrogen-bond acceptors (Lipinski definition) is 5. The van der Waals surface area contributed by atoms with E-state index < -0.39 is 18.1 Å². The van der Waals surface area contributed by atoms with Crippen LogP contribution in [0.5, 0.6) is 5.75 Å². The Morgan fingerprint density at radius 2 is 2.14 bits per heavy atom. The van der Waals surface area contributed by atoms with Gasteiger partial charge in [0.15, 0.2) is 10.9 Å². The lowest BCUT2D eigenvalue weighted by molar-refractivity contribution is -0.274. The van der Waals surface area contributed by atoms with Crippen LogP contribution in [0, 0.1) is 0 Å². The van der Waals surface area contributed by atoms with Crippen molar-refractivity contribution in [1.29, 1.82) is 0 Å². The van der Waals surface area contributed by atoms with E-state index in [1.807, 2.05) is 0 Å². The van der Waals surface area contributed by atoms with Crippen LogP contribution in [0.4, 0.5) is 24.0 Å². The molecule has 0 saturated heterocycles. The van der Waals surface area contributed by atoms with Gasteiger partial charge in [0.2, 0.25) is 0 Å². The summed E-state index contributed by atoms with van der Waals surface area (Å²) in [7, 11) is 0. The Labute approximate surface area is 128 Å². The highest BCUT2D eigenvalue weighted by Gasteiger charge is 2.32. The number of alkyl halides is 3. The van der Waals surface area contributed by atoms with Crippen molar-refractivity contribution >= 4 is 44.1 Å². The summed E-state index contributed by atoms with van der Waals surface area (Å²) in [5.41, 5.74) is 0.0156. The van der Waals surface area contributed by atoms with E-state index in [2.05, 4.69) is 31.0 Å². The lowest BCUT2D eigenvalue weighted by Crippen LogP contribution is -2.17. The third kappa shape index (κ3) is 4.33. The molecule has 0 spiro atoms. The van der Waals surface area contributed by atoms with Gasteiger partial charge in [-0.15, -0.1) is 13.2 Å². The smallest absolute Gasteiger partial charge is 0.477 e. The average Bonchev–Trinajstić information content (AvgIpc) is 2.79. The molecule has 0 aliphatic heterocycles. The maximum absolute atomic E-state index is 12.3. The first-order valence-electron chi connectivity index (χ1n) is 5.26. The van der Waals surface area contributed by atoms with Crippen LogP contribution < -0.4 is 10.1 Å². The molecule has 0 unspecified atom stereocenters. The van der Waals surface area contributed by atoms with Gasteiger partial charge in [-0.3, -0.25) is 0 Å². The second-order valence-corrected chi connectivity index (χ2v) is 5.59. The van der Waals surface area contributed by atoms with Crippen molar-refractivity contribution in [3.05, 3.63) is 33.7 Å². The molecule has 5 nitrogen and oxygen atoms in total. The number of carboxylic acids is 1. The van der Waals surface area contributed by atoms with Gasteiger partial charge in [0.25, 0.3) is 0 Å². The van der Waals surface area contributed by atoms with Crippen molar-refractivity contribution in [3.8, 4) is 5.75 Å². The molecule has 2 N–H and O–H groups in total. The van der Waals surface area contributed by atoms with Crippen LogP contribution in [0.25, 0.3) is 0 Å². The third-order valence-electron chi connectivity index (χ3n) is 2.13. The van der Waals surface area contributed by atoms with E-state index in [9.17, 15) is 18.0 Å². The number of carboxylic acid groups (broad SMARTS) is 1. The molecule has 1 aromatic carbocycles. The van der Waals surface area contributed by atoms with E-state index in [-0.39, 0.29) is 15.7 Å². The van der Waals surface area contributed by atoms with Gasteiger partial charge in [-0.1, -0.05) is 27.3 Å². The predicted molar refractivity (Wildman–Crippen MR) is 73.2 cm³/mol. The number of halogens is 4. The Morgan fingerprint density at radius 1 is 1.43 bits per heavy atom. The number of benzene rings is 1. The van der Waals surface area contributed by atoms with Gasteiger partial charge in [-0.05, 0) is 18.2 Å². The molecule has 1 aromatic heterocycles. The molecule has 0 saturated carbocycles. The monoisotopic (exact) mass is 382 g/mol. The molecule has 1 heterocycles. The molecule has 0 fully saturated rings. The normalized spacial score (nSPS) is 11.2. The molecular weight excluding hydrogens is 377 g/mol. The zero-order valence-corrected chi connectivity index (χ0v) is 12.3. The van der Waals surface area contributed by atoms with Gasteiger partial charge in [0.05, 0.1) is 11.9 Å². The van der Waals surface area contributed by atoms with E-state index in [1.54, 1.807) is 0 Å². The fourth-order valence-corrected chi connectivity index (χ4v) is 2.36. The summed E-state index contributed by atoms with van der Waals surface area (Å²) >= 11 is 3.84. The lowest BCUT2D eigenvalue weighted by Gasteiger charge is -2.13. The van der Waals surface area contributed by atoms with Crippen molar-refractivity contribution in [2.24, 2.45) is 0 Å². The van der Waals surface area contributed by atoms with Crippen molar-refractivity contribution < 1.29 is 27.8 Å². The molecule has 2 rings (SSSR count). The van der Waals surface area contributed by atoms with Crippen molar-refractivity contribution in [3.63, 3.8) is 0 Å². The molecule has 112 valence electrons. The van der Waals surface area contributed by atoms with Gasteiger partial charge in [0.1, 0.15) is 4.88 Å². The zero-order chi connectivity index (χ0) is 15.6. The van der Waals surface area contributed by atoms with E-state index in [0.29, 0.717) is 4.47 Å². The van der Waals surface area contributed by atoms with Crippen LogP contribution in [-0.4, -0.2) is 22.4 Å². The van der Waals surface area contributed by atoms with Gasteiger partial charge >= 0.3 is 12.3 Å². The fraction of sp³-hybridized carbons (Fsp3) is 0.0909. The van der Waals surface area contributed by atoms with Crippen LogP contribution in [0.15, 0.2) is 28.9 Å². The number of ether oxygens (including phenoxy) is 1. The van der Waals surface area contributed by atoms with Crippen LogP contribution in [0.3, 0.4) is 0 Å². The predicted octanol–water partition coefficient (Wildman–Crippen LogP) is 4.25. The molecule has 0 aliphatic carbocycles. The molecule has 2 aromatic rings. The Hall–Kier alpha value is -1.81. The highest BCUT2D eigenvalue weighted by atomic mass is 79.9. The SMILES string of the molecule is O=C(O)c1cnc(Nc2ccc(Br)cc2OC(F)(F)F)s1. The third-order valence-corrected chi connectivity index (χ3v) is 3.52. The van der Waals surface area contributed by atoms with Gasteiger partial charge in [-0.25, -0.2) is 9.78 Å². The van der Waals surface area contributed by atoms with Crippen LogP contribution in [0.2, 0.25) is 0 Å². The number of carbonyl (C=O) groups is 1. The Bertz CT molecular complexity index is 675. The number of aromatic carboxylic acids is 1. The quantitative estimate of drug-likeness (QED) is 0.826. The first-order valence-corrected chi connectivity index (χ1v) is 6.87. The minimum Gasteiger partial charge on any atom is -0.477 e. The van der Waals surface area contributed by atoms with E-state index >= 15 is 0 Å². The lowest BCUT2D eigenvalue weighted by atomic mass is 10.3. The van der Waals surface area contributed by atoms with Crippen LogP contribution >= 0.6 is 27.3 Å². The standard InChI is InChI=1S/C11H6BrF3N2O3S/c12-5-1-2-6(7(3-5)20-11(13,14)15)17-10-16-4-8(21-10)9(18)19/h1-4H,(H,16,17)(H,18,19). The topological polar surface area (TPSA) is 71.5 Å². The van der Waals surface area contributed by atoms with Crippen LogP contribution in [0.1, 0.15) is 9.67 Å². The summed E-state index contributed by atoms with van der Waals surface area (Å²) in [6, 6.07) is 4.01. The minimum atomic E-state index is -4.84. The summed E-state index contributed by atoms with van der Waals surface area (Å²) in [6.07, 6.45) is -3.73. The summed E-state index contributed by atoms with van der Waals surface area (Å²) < 4.78 is 41.3. The Balaban J connectivity index is 2.28. The first kappa shape index (κ1) is 15.6. The van der Waals surface area contributed by atoms with E-state index in [0.717, 1.165) is 23.6 Å². The van der Waals surface area contributed by atoms with Crippen molar-refractivity contribution in [2.75, 3.05) is 5.32 Å². The number of aromatic nitrogens is 1. The molecule has 0 aliphatic rings. The van der Waals surface area contributed by atoms with Crippen molar-refractivity contribution in [1.82, 2.24) is 4.98 Å². The molecule has 10 heteroatoms. The minimum absolute atomic E-state index is 0.0156. The molecule has 21 heavy (non-hydrogen) atoms. The average molecular weight is 383 g/mol. The maximum atomic E-state index is 12.3. The van der Waals surface area contributed by atoms with Gasteiger partial charge in [-0.2, -0.15) is 0 Å².